The lowest BCUT2D eigenvalue weighted by molar-refractivity contribution is -0.154. The van der Waals surface area contributed by atoms with Crippen molar-refractivity contribution in [2.24, 2.45) is 11.8 Å². The summed E-state index contributed by atoms with van der Waals surface area (Å²) in [6.45, 7) is 8.95. The molecule has 4 aliphatic heterocycles. The Kier molecular flexibility index (Phi) is 13.1. The molecule has 42 heavy (non-hydrogen) atoms. The number of nitrogens with zero attached hydrogens (tertiary/aromatic N) is 1. The lowest BCUT2D eigenvalue weighted by Gasteiger charge is -2.37. The van der Waals surface area contributed by atoms with E-state index in [0.717, 1.165) is 38.5 Å². The zero-order valence-corrected chi connectivity index (χ0v) is 25.8. The summed E-state index contributed by atoms with van der Waals surface area (Å²) in [6.07, 6.45) is 25.6. The number of ether oxygens (including phenoxy) is 4. The van der Waals surface area contributed by atoms with Gasteiger partial charge in [-0.05, 0) is 57.4 Å². The van der Waals surface area contributed by atoms with Gasteiger partial charge >= 0.3 is 5.97 Å². The summed E-state index contributed by atoms with van der Waals surface area (Å²) >= 11 is 0. The molecule has 0 aromatic rings. The number of morpholine rings is 1. The van der Waals surface area contributed by atoms with Crippen molar-refractivity contribution < 1.29 is 28.5 Å². The van der Waals surface area contributed by atoms with Crippen LogP contribution in [0.15, 0.2) is 60.3 Å². The van der Waals surface area contributed by atoms with E-state index in [-0.39, 0.29) is 54.7 Å². The first kappa shape index (κ1) is 32.4. The Morgan fingerprint density at radius 3 is 2.40 bits per heavy atom. The van der Waals surface area contributed by atoms with E-state index in [9.17, 15) is 9.59 Å². The summed E-state index contributed by atoms with van der Waals surface area (Å²) < 4.78 is 24.4. The van der Waals surface area contributed by atoms with Crippen molar-refractivity contribution in [3.05, 3.63) is 60.3 Å². The summed E-state index contributed by atoms with van der Waals surface area (Å²) in [4.78, 5) is 27.3. The van der Waals surface area contributed by atoms with Crippen LogP contribution in [0.2, 0.25) is 0 Å². The Hall–Kier alpha value is -2.48. The average Bonchev–Trinajstić information content (AvgIpc) is 2.98. The maximum absolute atomic E-state index is 13.2. The number of esters is 1. The maximum Gasteiger partial charge on any atom is 0.309 e. The summed E-state index contributed by atoms with van der Waals surface area (Å²) in [5.74, 6) is 0.281. The number of carbonyl (C=O) groups excluding carboxylic acids is 2. The molecule has 7 heteroatoms. The molecule has 4 heterocycles. The van der Waals surface area contributed by atoms with E-state index in [1.54, 1.807) is 0 Å². The first-order valence-corrected chi connectivity index (χ1v) is 16.1. The maximum atomic E-state index is 13.2. The van der Waals surface area contributed by atoms with Crippen molar-refractivity contribution in [3.8, 4) is 0 Å². The summed E-state index contributed by atoms with van der Waals surface area (Å²) in [5, 5.41) is 0. The fraction of sp³-hybridized carbons (Fsp3) is 0.657. The van der Waals surface area contributed by atoms with Crippen LogP contribution >= 0.6 is 0 Å². The molecule has 0 radical (unpaired) electrons. The molecule has 0 aliphatic carbocycles. The zero-order chi connectivity index (χ0) is 29.7. The SMILES string of the molecule is C/C=C1\CC2CC(=O)OC(/C=C/C=C\C=C\CC(=O)N3CCOCC3)C(C)/C=C/C(C)CC3CCCC(CC(C1)O2)O3. The van der Waals surface area contributed by atoms with Gasteiger partial charge in [0.05, 0.1) is 44.1 Å². The number of cyclic esters (lactones) is 1. The van der Waals surface area contributed by atoms with Crippen LogP contribution in [0.25, 0.3) is 0 Å². The first-order valence-electron chi connectivity index (χ1n) is 16.1. The Labute approximate surface area is 252 Å². The lowest BCUT2D eigenvalue weighted by atomic mass is 9.90. The number of rotatable bonds is 5. The second-order valence-electron chi connectivity index (χ2n) is 12.3. The van der Waals surface area contributed by atoms with Gasteiger partial charge < -0.3 is 23.8 Å². The van der Waals surface area contributed by atoms with E-state index < -0.39 is 0 Å². The molecule has 0 N–H and O–H groups in total. The predicted octanol–water partition coefficient (Wildman–Crippen LogP) is 6.26. The molecule has 7 nitrogen and oxygen atoms in total. The topological polar surface area (TPSA) is 74.3 Å². The minimum absolute atomic E-state index is 0.0155. The molecule has 7 unspecified atom stereocenters. The number of carbonyl (C=O) groups is 2. The molecule has 4 aliphatic rings. The van der Waals surface area contributed by atoms with Crippen molar-refractivity contribution in [1.82, 2.24) is 4.90 Å². The van der Waals surface area contributed by atoms with Crippen LogP contribution in [0, 0.1) is 11.8 Å². The highest BCUT2D eigenvalue weighted by Gasteiger charge is 2.32. The largest absolute Gasteiger partial charge is 0.457 e. The Bertz CT molecular complexity index is 1020. The molecule has 3 saturated heterocycles. The highest BCUT2D eigenvalue weighted by Crippen LogP contribution is 2.33. The van der Waals surface area contributed by atoms with E-state index >= 15 is 0 Å². The van der Waals surface area contributed by atoms with E-state index in [1.807, 2.05) is 41.4 Å². The normalized spacial score (nSPS) is 35.6. The molecule has 1 amide bonds. The molecule has 4 bridgehead atoms. The third-order valence-electron chi connectivity index (χ3n) is 8.72. The minimum Gasteiger partial charge on any atom is -0.457 e. The van der Waals surface area contributed by atoms with Crippen molar-refractivity contribution in [3.63, 3.8) is 0 Å². The van der Waals surface area contributed by atoms with E-state index in [2.05, 4.69) is 39.0 Å². The molecular weight excluding hydrogens is 530 g/mol. The Balaban J connectivity index is 1.40. The standard InChI is InChI=1S/C35H51NO6/c1-4-28-22-31-24-30-12-10-11-29(40-30)21-26(2)15-16-27(3)33(42-35(38)25-32(23-28)41-31)13-8-6-5-7-9-14-34(37)36-17-19-39-20-18-36/h4-9,13,15-16,26-27,29-33H,10-12,14,17-25H2,1-3H3/b6-5-,9-7+,13-8+,16-15+,28-4-. The van der Waals surface area contributed by atoms with Crippen LogP contribution in [-0.2, 0) is 28.5 Å². The quantitative estimate of drug-likeness (QED) is 0.217. The Morgan fingerprint density at radius 2 is 1.62 bits per heavy atom. The molecule has 7 atom stereocenters. The van der Waals surface area contributed by atoms with Gasteiger partial charge in [-0.15, -0.1) is 0 Å². The van der Waals surface area contributed by atoms with Crippen LogP contribution in [-0.4, -0.2) is 73.6 Å². The molecule has 0 spiro atoms. The highest BCUT2D eigenvalue weighted by atomic mass is 16.6. The average molecular weight is 582 g/mol. The Morgan fingerprint density at radius 1 is 0.905 bits per heavy atom. The van der Waals surface area contributed by atoms with Crippen molar-refractivity contribution in [2.75, 3.05) is 26.3 Å². The lowest BCUT2D eigenvalue weighted by Crippen LogP contribution is -2.40. The first-order chi connectivity index (χ1) is 20.4. The molecular formula is C35H51NO6. The second kappa shape index (κ2) is 17.0. The van der Waals surface area contributed by atoms with Crippen molar-refractivity contribution in [1.29, 1.82) is 0 Å². The number of allylic oxidation sites excluding steroid dienone is 6. The summed E-state index contributed by atoms with van der Waals surface area (Å²) in [7, 11) is 0. The van der Waals surface area contributed by atoms with Gasteiger partial charge in [0.1, 0.15) is 6.10 Å². The zero-order valence-electron chi connectivity index (χ0n) is 25.8. The predicted molar refractivity (Wildman–Crippen MR) is 165 cm³/mol. The highest BCUT2D eigenvalue weighted by molar-refractivity contribution is 5.77. The fourth-order valence-corrected chi connectivity index (χ4v) is 6.32. The van der Waals surface area contributed by atoms with Gasteiger partial charge in [0.15, 0.2) is 0 Å². The van der Waals surface area contributed by atoms with Crippen LogP contribution in [0.1, 0.15) is 78.6 Å². The smallest absolute Gasteiger partial charge is 0.309 e. The number of hydrogen-bond donors (Lipinski definition) is 0. The molecule has 0 aromatic heterocycles. The monoisotopic (exact) mass is 581 g/mol. The van der Waals surface area contributed by atoms with Gasteiger partial charge in [0.25, 0.3) is 0 Å². The molecule has 3 fully saturated rings. The van der Waals surface area contributed by atoms with Crippen LogP contribution in [0.5, 0.6) is 0 Å². The minimum atomic E-state index is -0.388. The number of amides is 1. The summed E-state index contributed by atoms with van der Waals surface area (Å²) in [5.41, 5.74) is 1.35. The second-order valence-corrected chi connectivity index (χ2v) is 12.3. The molecule has 0 saturated carbocycles. The molecule has 0 aromatic carbocycles. The number of fused-ring (bicyclic) bond motifs is 4. The van der Waals surface area contributed by atoms with Crippen LogP contribution in [0.3, 0.4) is 0 Å². The van der Waals surface area contributed by atoms with Gasteiger partial charge in [-0.25, -0.2) is 0 Å². The third kappa shape index (κ3) is 10.7. The van der Waals surface area contributed by atoms with E-state index in [0.29, 0.717) is 38.6 Å². The molecule has 232 valence electrons. The van der Waals surface area contributed by atoms with Gasteiger partial charge in [0, 0.05) is 31.8 Å². The summed E-state index contributed by atoms with van der Waals surface area (Å²) in [6, 6.07) is 0. The fourth-order valence-electron chi connectivity index (χ4n) is 6.32. The van der Waals surface area contributed by atoms with Gasteiger partial charge in [-0.1, -0.05) is 68.0 Å². The molecule has 4 rings (SSSR count). The van der Waals surface area contributed by atoms with Gasteiger partial charge in [-0.2, -0.15) is 0 Å². The van der Waals surface area contributed by atoms with Gasteiger partial charge in [-0.3, -0.25) is 9.59 Å². The van der Waals surface area contributed by atoms with Crippen molar-refractivity contribution in [2.45, 2.75) is 109 Å². The number of hydrogen-bond acceptors (Lipinski definition) is 6. The van der Waals surface area contributed by atoms with Crippen molar-refractivity contribution >= 4 is 11.9 Å². The van der Waals surface area contributed by atoms with E-state index in [1.165, 1.54) is 12.0 Å². The van der Waals surface area contributed by atoms with Crippen LogP contribution < -0.4 is 0 Å². The van der Waals surface area contributed by atoms with Crippen LogP contribution in [0.4, 0.5) is 0 Å². The van der Waals surface area contributed by atoms with Gasteiger partial charge in [0.2, 0.25) is 5.91 Å². The third-order valence-corrected chi connectivity index (χ3v) is 8.72. The van der Waals surface area contributed by atoms with E-state index in [4.69, 9.17) is 18.9 Å².